The molecule has 28 heavy (non-hydrogen) atoms. The molecule has 4 rings (SSSR count). The lowest BCUT2D eigenvalue weighted by Crippen LogP contribution is -2.27. The third kappa shape index (κ3) is 4.03. The van der Waals surface area contributed by atoms with Crippen molar-refractivity contribution in [3.05, 3.63) is 59.7 Å². The van der Waals surface area contributed by atoms with Crippen molar-refractivity contribution >= 4 is 12.1 Å². The predicted octanol–water partition coefficient (Wildman–Crippen LogP) is 4.37. The van der Waals surface area contributed by atoms with Gasteiger partial charge in [0.2, 0.25) is 5.91 Å². The number of methoxy groups -OCH3 is 1. The van der Waals surface area contributed by atoms with Gasteiger partial charge in [0, 0.05) is 12.1 Å². The number of ether oxygens (including phenoxy) is 2. The van der Waals surface area contributed by atoms with E-state index in [0.29, 0.717) is 13.0 Å². The molecule has 1 unspecified atom stereocenters. The molecule has 0 radical (unpaired) electrons. The Morgan fingerprint density at radius 1 is 1.07 bits per heavy atom. The van der Waals surface area contributed by atoms with Crippen molar-refractivity contribution in [3.8, 4) is 11.5 Å². The number of carbonyl (C=O) groups excluding carboxylic acids is 1. The van der Waals surface area contributed by atoms with Gasteiger partial charge in [-0.05, 0) is 48.9 Å². The first-order valence-electron chi connectivity index (χ1n) is 9.97. The summed E-state index contributed by atoms with van der Waals surface area (Å²) in [6.45, 7) is 0.508. The van der Waals surface area contributed by atoms with Crippen molar-refractivity contribution in [2.45, 2.75) is 44.1 Å². The molecule has 146 valence electrons. The highest BCUT2D eigenvalue weighted by molar-refractivity contribution is 5.93. The fourth-order valence-corrected chi connectivity index (χ4v) is 3.99. The molecule has 1 heterocycles. The SMILES string of the molecule is COc1ccc(C(CN2N=CCC2=O)c2ccccc2)cc1OC1CCCC1. The number of hydrogen-bond acceptors (Lipinski definition) is 4. The van der Waals surface area contributed by atoms with Crippen molar-refractivity contribution < 1.29 is 14.3 Å². The fraction of sp³-hybridized carbons (Fsp3) is 0.391. The minimum absolute atomic E-state index is 0.0113. The number of hydrogen-bond donors (Lipinski definition) is 0. The van der Waals surface area contributed by atoms with Crippen molar-refractivity contribution in [3.63, 3.8) is 0 Å². The van der Waals surface area contributed by atoms with Gasteiger partial charge in [-0.15, -0.1) is 0 Å². The molecule has 1 fully saturated rings. The molecule has 2 aromatic rings. The Hall–Kier alpha value is -2.82. The van der Waals surface area contributed by atoms with E-state index in [0.717, 1.165) is 35.5 Å². The third-order valence-electron chi connectivity index (χ3n) is 5.52. The van der Waals surface area contributed by atoms with Crippen LogP contribution in [-0.2, 0) is 4.79 Å². The molecule has 0 saturated heterocycles. The monoisotopic (exact) mass is 378 g/mol. The van der Waals surface area contributed by atoms with Crippen LogP contribution < -0.4 is 9.47 Å². The van der Waals surface area contributed by atoms with E-state index in [2.05, 4.69) is 29.4 Å². The van der Waals surface area contributed by atoms with Gasteiger partial charge in [-0.3, -0.25) is 4.79 Å². The number of carbonyl (C=O) groups is 1. The van der Waals surface area contributed by atoms with E-state index >= 15 is 0 Å². The molecule has 5 nitrogen and oxygen atoms in total. The highest BCUT2D eigenvalue weighted by Crippen LogP contribution is 2.36. The van der Waals surface area contributed by atoms with E-state index in [4.69, 9.17) is 9.47 Å². The lowest BCUT2D eigenvalue weighted by Gasteiger charge is -2.24. The van der Waals surface area contributed by atoms with Crippen molar-refractivity contribution in [2.24, 2.45) is 5.10 Å². The molecule has 1 aliphatic carbocycles. The van der Waals surface area contributed by atoms with Crippen LogP contribution in [0.4, 0.5) is 0 Å². The smallest absolute Gasteiger partial charge is 0.248 e. The van der Waals surface area contributed by atoms with Crippen LogP contribution in [0.1, 0.15) is 49.1 Å². The number of benzene rings is 2. The fourth-order valence-electron chi connectivity index (χ4n) is 3.99. The van der Waals surface area contributed by atoms with Crippen LogP contribution in [0, 0.1) is 0 Å². The number of rotatable bonds is 7. The first-order chi connectivity index (χ1) is 13.7. The number of nitrogens with zero attached hydrogens (tertiary/aromatic N) is 2. The van der Waals surface area contributed by atoms with Gasteiger partial charge in [0.15, 0.2) is 11.5 Å². The van der Waals surface area contributed by atoms with Crippen LogP contribution >= 0.6 is 0 Å². The molecule has 2 aromatic carbocycles. The summed E-state index contributed by atoms with van der Waals surface area (Å²) < 4.78 is 11.8. The Bertz CT molecular complexity index is 844. The standard InChI is InChI=1S/C23H26N2O3/c1-27-21-12-11-18(15-22(21)28-19-9-5-6-10-19)20(17-7-3-2-4-8-17)16-25-23(26)13-14-24-25/h2-4,7-8,11-12,14-15,19-20H,5-6,9-10,13,16H2,1H3. The molecule has 2 aliphatic rings. The van der Waals surface area contributed by atoms with Gasteiger partial charge in [0.25, 0.3) is 0 Å². The topological polar surface area (TPSA) is 51.1 Å². The van der Waals surface area contributed by atoms with Gasteiger partial charge in [0.05, 0.1) is 26.2 Å². The Morgan fingerprint density at radius 2 is 1.86 bits per heavy atom. The molecule has 0 N–H and O–H groups in total. The molecule has 0 bridgehead atoms. The zero-order valence-corrected chi connectivity index (χ0v) is 16.2. The van der Waals surface area contributed by atoms with Gasteiger partial charge >= 0.3 is 0 Å². The maximum atomic E-state index is 12.1. The van der Waals surface area contributed by atoms with Gasteiger partial charge < -0.3 is 9.47 Å². The van der Waals surface area contributed by atoms with E-state index in [1.54, 1.807) is 18.3 Å². The van der Waals surface area contributed by atoms with Gasteiger partial charge in [0.1, 0.15) is 0 Å². The van der Waals surface area contributed by atoms with Crippen molar-refractivity contribution in [1.82, 2.24) is 5.01 Å². The lowest BCUT2D eigenvalue weighted by atomic mass is 9.90. The van der Waals surface area contributed by atoms with Crippen LogP contribution in [0.3, 0.4) is 0 Å². The second kappa shape index (κ2) is 8.46. The summed E-state index contributed by atoms with van der Waals surface area (Å²) in [5.74, 6) is 1.58. The summed E-state index contributed by atoms with van der Waals surface area (Å²) in [6.07, 6.45) is 6.92. The summed E-state index contributed by atoms with van der Waals surface area (Å²) in [7, 11) is 1.67. The molecular weight excluding hydrogens is 352 g/mol. The highest BCUT2D eigenvalue weighted by Gasteiger charge is 2.25. The zero-order valence-electron chi connectivity index (χ0n) is 16.2. The van der Waals surface area contributed by atoms with Crippen molar-refractivity contribution in [2.75, 3.05) is 13.7 Å². The predicted molar refractivity (Wildman–Crippen MR) is 109 cm³/mol. The normalized spacial score (nSPS) is 17.9. The van der Waals surface area contributed by atoms with Crippen LogP contribution in [0.25, 0.3) is 0 Å². The molecule has 1 saturated carbocycles. The number of hydrazone groups is 1. The first kappa shape index (κ1) is 18.5. The Labute approximate surface area is 166 Å². The van der Waals surface area contributed by atoms with E-state index < -0.39 is 0 Å². The van der Waals surface area contributed by atoms with E-state index in [1.165, 1.54) is 12.8 Å². The Morgan fingerprint density at radius 3 is 2.54 bits per heavy atom. The van der Waals surface area contributed by atoms with Crippen LogP contribution in [0.5, 0.6) is 11.5 Å². The molecule has 5 heteroatoms. The maximum Gasteiger partial charge on any atom is 0.248 e. The van der Waals surface area contributed by atoms with Crippen LogP contribution in [0.2, 0.25) is 0 Å². The average Bonchev–Trinajstić information content (AvgIpc) is 3.38. The molecule has 0 spiro atoms. The van der Waals surface area contributed by atoms with E-state index in [-0.39, 0.29) is 17.9 Å². The van der Waals surface area contributed by atoms with E-state index in [9.17, 15) is 4.79 Å². The molecule has 1 amide bonds. The maximum absolute atomic E-state index is 12.1. The van der Waals surface area contributed by atoms with Crippen LogP contribution in [0.15, 0.2) is 53.6 Å². The van der Waals surface area contributed by atoms with Crippen LogP contribution in [-0.4, -0.2) is 36.9 Å². The summed E-state index contributed by atoms with van der Waals surface area (Å²) in [4.78, 5) is 12.1. The largest absolute Gasteiger partial charge is 0.493 e. The molecule has 0 aromatic heterocycles. The zero-order chi connectivity index (χ0) is 19.3. The molecule has 1 atom stereocenters. The quantitative estimate of drug-likeness (QED) is 0.719. The third-order valence-corrected chi connectivity index (χ3v) is 5.52. The average molecular weight is 378 g/mol. The summed E-state index contributed by atoms with van der Waals surface area (Å²) >= 11 is 0. The minimum atomic E-state index is 0.0113. The second-order valence-electron chi connectivity index (χ2n) is 7.38. The van der Waals surface area contributed by atoms with Gasteiger partial charge in [-0.2, -0.15) is 5.10 Å². The molecular formula is C23H26N2O3. The molecule has 1 aliphatic heterocycles. The Balaban J connectivity index is 1.66. The second-order valence-corrected chi connectivity index (χ2v) is 7.38. The summed E-state index contributed by atoms with van der Waals surface area (Å²) in [5, 5.41) is 5.82. The van der Waals surface area contributed by atoms with Gasteiger partial charge in [-0.1, -0.05) is 36.4 Å². The highest BCUT2D eigenvalue weighted by atomic mass is 16.5. The van der Waals surface area contributed by atoms with Gasteiger partial charge in [-0.25, -0.2) is 5.01 Å². The lowest BCUT2D eigenvalue weighted by molar-refractivity contribution is -0.128. The summed E-state index contributed by atoms with van der Waals surface area (Å²) in [5.41, 5.74) is 2.24. The number of amides is 1. The van der Waals surface area contributed by atoms with E-state index in [1.807, 2.05) is 24.3 Å². The first-order valence-corrected chi connectivity index (χ1v) is 9.97. The summed E-state index contributed by atoms with van der Waals surface area (Å²) in [6, 6.07) is 16.3. The van der Waals surface area contributed by atoms with Crippen molar-refractivity contribution in [1.29, 1.82) is 0 Å². The Kier molecular flexibility index (Phi) is 5.60. The minimum Gasteiger partial charge on any atom is -0.493 e.